The maximum atomic E-state index is 12.2. The Hall–Kier alpha value is -1.84. The minimum absolute atomic E-state index is 0.000506. The number of hydrogen-bond donors (Lipinski definition) is 1. The van der Waals surface area contributed by atoms with E-state index in [4.69, 9.17) is 0 Å². The fourth-order valence-electron chi connectivity index (χ4n) is 2.79. The third kappa shape index (κ3) is 3.84. The molecule has 1 aliphatic rings. The predicted octanol–water partition coefficient (Wildman–Crippen LogP) is 2.65. The van der Waals surface area contributed by atoms with Crippen molar-refractivity contribution in [3.63, 3.8) is 0 Å². The van der Waals surface area contributed by atoms with Gasteiger partial charge in [-0.1, -0.05) is 25.5 Å². The Morgan fingerprint density at radius 2 is 2.24 bits per heavy atom. The number of anilines is 1. The highest BCUT2D eigenvalue weighted by Crippen LogP contribution is 2.25. The van der Waals surface area contributed by atoms with Gasteiger partial charge in [-0.2, -0.15) is 0 Å². The highest BCUT2D eigenvalue weighted by atomic mass is 16.2. The Morgan fingerprint density at radius 1 is 1.48 bits per heavy atom. The molecule has 0 aliphatic carbocycles. The summed E-state index contributed by atoms with van der Waals surface area (Å²) in [5.74, 6) is -0.208. The second-order valence-electron chi connectivity index (χ2n) is 5.94. The lowest BCUT2D eigenvalue weighted by Gasteiger charge is -2.18. The Kier molecular flexibility index (Phi) is 4.99. The molecule has 1 aromatic carbocycles. The Balaban J connectivity index is 2.01. The predicted molar refractivity (Wildman–Crippen MR) is 84.2 cm³/mol. The first kappa shape index (κ1) is 15.5. The Labute approximate surface area is 126 Å². The molecule has 1 heterocycles. The van der Waals surface area contributed by atoms with Crippen molar-refractivity contribution in [2.24, 2.45) is 5.92 Å². The van der Waals surface area contributed by atoms with Crippen LogP contribution in [0.15, 0.2) is 24.3 Å². The molecule has 21 heavy (non-hydrogen) atoms. The van der Waals surface area contributed by atoms with E-state index in [1.165, 1.54) is 0 Å². The molecule has 0 unspecified atom stereocenters. The van der Waals surface area contributed by atoms with Crippen LogP contribution >= 0.6 is 0 Å². The zero-order chi connectivity index (χ0) is 15.4. The molecule has 2 rings (SSSR count). The largest absolute Gasteiger partial charge is 0.353 e. The summed E-state index contributed by atoms with van der Waals surface area (Å²) in [4.78, 5) is 26.1. The number of nitrogens with one attached hydrogen (secondary N) is 1. The van der Waals surface area contributed by atoms with Gasteiger partial charge in [-0.15, -0.1) is 0 Å². The summed E-state index contributed by atoms with van der Waals surface area (Å²) in [6.45, 7) is 6.59. The molecule has 2 amide bonds. The van der Waals surface area contributed by atoms with Gasteiger partial charge >= 0.3 is 0 Å². The van der Waals surface area contributed by atoms with Crippen LogP contribution in [0, 0.1) is 12.8 Å². The summed E-state index contributed by atoms with van der Waals surface area (Å²) in [6, 6.07) is 8.02. The van der Waals surface area contributed by atoms with Crippen LogP contribution in [0.1, 0.15) is 38.7 Å². The third-order valence-electron chi connectivity index (χ3n) is 3.92. The molecule has 0 bridgehead atoms. The van der Waals surface area contributed by atoms with Crippen LogP contribution < -0.4 is 10.2 Å². The second-order valence-corrected chi connectivity index (χ2v) is 5.94. The topological polar surface area (TPSA) is 49.4 Å². The fourth-order valence-corrected chi connectivity index (χ4v) is 2.79. The minimum Gasteiger partial charge on any atom is -0.353 e. The number of aryl methyl sites for hydroxylation is 1. The van der Waals surface area contributed by atoms with Crippen LogP contribution in [0.5, 0.6) is 0 Å². The number of nitrogens with zero attached hydrogens (tertiary/aromatic N) is 1. The van der Waals surface area contributed by atoms with Gasteiger partial charge < -0.3 is 10.2 Å². The molecule has 2 atom stereocenters. The van der Waals surface area contributed by atoms with E-state index in [2.05, 4.69) is 12.2 Å². The van der Waals surface area contributed by atoms with Crippen molar-refractivity contribution in [2.75, 3.05) is 11.4 Å². The average Bonchev–Trinajstić information content (AvgIpc) is 2.81. The van der Waals surface area contributed by atoms with E-state index in [0.29, 0.717) is 13.0 Å². The molecule has 0 saturated carbocycles. The molecule has 0 radical (unpaired) electrons. The van der Waals surface area contributed by atoms with E-state index < -0.39 is 0 Å². The zero-order valence-electron chi connectivity index (χ0n) is 13.1. The van der Waals surface area contributed by atoms with Crippen LogP contribution in [-0.4, -0.2) is 24.4 Å². The van der Waals surface area contributed by atoms with Gasteiger partial charge in [-0.25, -0.2) is 0 Å². The third-order valence-corrected chi connectivity index (χ3v) is 3.92. The fraction of sp³-hybridized carbons (Fsp3) is 0.529. The summed E-state index contributed by atoms with van der Waals surface area (Å²) >= 11 is 0. The number of benzene rings is 1. The molecule has 114 valence electrons. The standard InChI is InChI=1S/C17H24N2O2/c1-4-6-13(3)18-17(21)14-10-16(20)19(11-14)15-8-5-7-12(2)9-15/h5,7-9,13-14H,4,6,10-11H2,1-3H3,(H,18,21)/t13-,14+/m1/s1. The lowest BCUT2D eigenvalue weighted by molar-refractivity contribution is -0.126. The van der Waals surface area contributed by atoms with Crippen molar-refractivity contribution in [3.8, 4) is 0 Å². The molecule has 4 heteroatoms. The molecule has 1 aliphatic heterocycles. The number of hydrogen-bond acceptors (Lipinski definition) is 2. The van der Waals surface area contributed by atoms with E-state index in [1.54, 1.807) is 4.90 Å². The van der Waals surface area contributed by atoms with Crippen LogP contribution in [-0.2, 0) is 9.59 Å². The second kappa shape index (κ2) is 6.74. The summed E-state index contributed by atoms with van der Waals surface area (Å²) < 4.78 is 0. The number of carbonyl (C=O) groups excluding carboxylic acids is 2. The monoisotopic (exact) mass is 288 g/mol. The lowest BCUT2D eigenvalue weighted by Crippen LogP contribution is -2.38. The van der Waals surface area contributed by atoms with Gasteiger partial charge in [0.15, 0.2) is 0 Å². The molecule has 1 saturated heterocycles. The van der Waals surface area contributed by atoms with Crippen LogP contribution in [0.2, 0.25) is 0 Å². The van der Waals surface area contributed by atoms with E-state index in [0.717, 1.165) is 24.1 Å². The molecular weight excluding hydrogens is 264 g/mol. The summed E-state index contributed by atoms with van der Waals surface area (Å²) in [7, 11) is 0. The number of carbonyl (C=O) groups is 2. The van der Waals surface area contributed by atoms with Gasteiger partial charge in [0.1, 0.15) is 0 Å². The van der Waals surface area contributed by atoms with Gasteiger partial charge in [0.2, 0.25) is 11.8 Å². The molecule has 1 aromatic rings. The van der Waals surface area contributed by atoms with E-state index in [-0.39, 0.29) is 23.8 Å². The molecule has 0 spiro atoms. The maximum Gasteiger partial charge on any atom is 0.227 e. The minimum atomic E-state index is -0.239. The lowest BCUT2D eigenvalue weighted by atomic mass is 10.1. The average molecular weight is 288 g/mol. The van der Waals surface area contributed by atoms with Crippen LogP contribution in [0.3, 0.4) is 0 Å². The smallest absolute Gasteiger partial charge is 0.227 e. The van der Waals surface area contributed by atoms with Crippen molar-refractivity contribution in [1.29, 1.82) is 0 Å². The van der Waals surface area contributed by atoms with Crippen LogP contribution in [0.25, 0.3) is 0 Å². The van der Waals surface area contributed by atoms with Crippen molar-refractivity contribution < 1.29 is 9.59 Å². The maximum absolute atomic E-state index is 12.2. The van der Waals surface area contributed by atoms with Crippen molar-refractivity contribution in [1.82, 2.24) is 5.32 Å². The first-order valence-corrected chi connectivity index (χ1v) is 7.68. The Morgan fingerprint density at radius 3 is 2.90 bits per heavy atom. The van der Waals surface area contributed by atoms with Gasteiger partial charge in [0, 0.05) is 24.7 Å². The van der Waals surface area contributed by atoms with Crippen LogP contribution in [0.4, 0.5) is 5.69 Å². The van der Waals surface area contributed by atoms with Gasteiger partial charge in [0.05, 0.1) is 5.92 Å². The summed E-state index contributed by atoms with van der Waals surface area (Å²) in [5, 5.41) is 3.01. The van der Waals surface area contributed by atoms with Gasteiger partial charge in [-0.05, 0) is 38.0 Å². The summed E-state index contributed by atoms with van der Waals surface area (Å²) in [6.07, 6.45) is 2.31. The quantitative estimate of drug-likeness (QED) is 0.905. The Bertz CT molecular complexity index is 527. The number of amides is 2. The van der Waals surface area contributed by atoms with Crippen molar-refractivity contribution >= 4 is 17.5 Å². The SMILES string of the molecule is CCC[C@@H](C)NC(=O)[C@H]1CC(=O)N(c2cccc(C)c2)C1. The van der Waals surface area contributed by atoms with Crippen molar-refractivity contribution in [3.05, 3.63) is 29.8 Å². The van der Waals surface area contributed by atoms with E-state index in [1.807, 2.05) is 38.1 Å². The molecular formula is C17H24N2O2. The normalized spacial score (nSPS) is 19.7. The highest BCUT2D eigenvalue weighted by Gasteiger charge is 2.35. The van der Waals surface area contributed by atoms with E-state index in [9.17, 15) is 9.59 Å². The highest BCUT2D eigenvalue weighted by molar-refractivity contribution is 6.00. The summed E-state index contributed by atoms with van der Waals surface area (Å²) in [5.41, 5.74) is 2.00. The van der Waals surface area contributed by atoms with Crippen molar-refractivity contribution in [2.45, 2.75) is 46.1 Å². The molecule has 4 nitrogen and oxygen atoms in total. The van der Waals surface area contributed by atoms with E-state index >= 15 is 0 Å². The molecule has 1 N–H and O–H groups in total. The van der Waals surface area contributed by atoms with Gasteiger partial charge in [-0.3, -0.25) is 9.59 Å². The first-order chi connectivity index (χ1) is 10.0. The zero-order valence-corrected chi connectivity index (χ0v) is 13.1. The molecule has 0 aromatic heterocycles. The molecule has 1 fully saturated rings. The van der Waals surface area contributed by atoms with Gasteiger partial charge in [0.25, 0.3) is 0 Å². The first-order valence-electron chi connectivity index (χ1n) is 7.68. The number of rotatable bonds is 5.